The largest absolute Gasteiger partial charge is 0.486 e. The molecule has 152 valence electrons. The van der Waals surface area contributed by atoms with Gasteiger partial charge in [-0.05, 0) is 55.3 Å². The van der Waals surface area contributed by atoms with Crippen molar-refractivity contribution < 1.29 is 9.53 Å². The number of rotatable bonds is 6. The van der Waals surface area contributed by atoms with Crippen LogP contribution in [0.1, 0.15) is 18.1 Å². The normalized spacial score (nSPS) is 17.6. The Labute approximate surface area is 179 Å². The minimum Gasteiger partial charge on any atom is -0.486 e. The minimum atomic E-state index is 0.0893. The Kier molecular flexibility index (Phi) is 6.04. The molecule has 1 saturated heterocycles. The van der Waals surface area contributed by atoms with Gasteiger partial charge in [0.2, 0.25) is 0 Å². The number of aryl methyl sites for hydroxylation is 1. The molecule has 2 heterocycles. The van der Waals surface area contributed by atoms with E-state index in [2.05, 4.69) is 29.7 Å². The molecule has 29 heavy (non-hydrogen) atoms. The maximum Gasteiger partial charge on any atom is 0.186 e. The zero-order chi connectivity index (χ0) is 20.4. The summed E-state index contributed by atoms with van der Waals surface area (Å²) in [5.41, 5.74) is 3.36. The maximum absolute atomic E-state index is 10.6. The van der Waals surface area contributed by atoms with Gasteiger partial charge in [0.15, 0.2) is 11.4 Å². The highest BCUT2D eigenvalue weighted by Crippen LogP contribution is 2.32. The molecule has 4 rings (SSSR count). The van der Waals surface area contributed by atoms with E-state index in [0.29, 0.717) is 6.04 Å². The van der Waals surface area contributed by atoms with Gasteiger partial charge in [-0.15, -0.1) is 0 Å². The van der Waals surface area contributed by atoms with Crippen molar-refractivity contribution in [3.8, 4) is 5.75 Å². The quantitative estimate of drug-likeness (QED) is 0.538. The van der Waals surface area contributed by atoms with Gasteiger partial charge in [0.1, 0.15) is 12.4 Å². The van der Waals surface area contributed by atoms with Gasteiger partial charge >= 0.3 is 0 Å². The van der Waals surface area contributed by atoms with Crippen LogP contribution in [-0.2, 0) is 11.3 Å². The average Bonchev–Trinajstić information content (AvgIpc) is 3.08. The molecule has 1 aliphatic rings. The highest BCUT2D eigenvalue weighted by Gasteiger charge is 2.26. The smallest absolute Gasteiger partial charge is 0.186 e. The third kappa shape index (κ3) is 4.71. The second-order valence-corrected chi connectivity index (χ2v) is 8.96. The van der Waals surface area contributed by atoms with Gasteiger partial charge in [0.05, 0.1) is 10.2 Å². The molecule has 1 aromatic heterocycles. The molecule has 0 radical (unpaired) electrons. The summed E-state index contributed by atoms with van der Waals surface area (Å²) >= 11 is 7.83. The number of benzene rings is 2. The van der Waals surface area contributed by atoms with E-state index in [-0.39, 0.29) is 6.61 Å². The van der Waals surface area contributed by atoms with E-state index < -0.39 is 0 Å². The lowest BCUT2D eigenvalue weighted by Gasteiger charge is -2.39. The van der Waals surface area contributed by atoms with E-state index in [9.17, 15) is 4.79 Å². The number of carbonyl (C=O) groups is 1. The fourth-order valence-corrected chi connectivity index (χ4v) is 5.23. The second kappa shape index (κ2) is 8.69. The average molecular weight is 430 g/mol. The van der Waals surface area contributed by atoms with Crippen molar-refractivity contribution in [3.63, 3.8) is 0 Å². The third-order valence-electron chi connectivity index (χ3n) is 5.13. The molecule has 1 aliphatic heterocycles. The van der Waals surface area contributed by atoms with Crippen LogP contribution in [0.4, 0.5) is 5.13 Å². The molecule has 3 aromatic rings. The van der Waals surface area contributed by atoms with Gasteiger partial charge in [0, 0.05) is 37.2 Å². The minimum absolute atomic E-state index is 0.0893. The lowest BCUT2D eigenvalue weighted by atomic mass is 10.1. The molecule has 0 bridgehead atoms. The first-order valence-corrected chi connectivity index (χ1v) is 10.9. The Morgan fingerprint density at radius 3 is 2.93 bits per heavy atom. The van der Waals surface area contributed by atoms with Crippen LogP contribution in [0.15, 0.2) is 36.4 Å². The molecule has 7 heteroatoms. The van der Waals surface area contributed by atoms with Gasteiger partial charge in [0.25, 0.3) is 0 Å². The summed E-state index contributed by atoms with van der Waals surface area (Å²) in [4.78, 5) is 20.2. The zero-order valence-corrected chi connectivity index (χ0v) is 18.2. The van der Waals surface area contributed by atoms with Gasteiger partial charge in [-0.25, -0.2) is 4.98 Å². The van der Waals surface area contributed by atoms with Crippen molar-refractivity contribution in [3.05, 3.63) is 52.5 Å². The first kappa shape index (κ1) is 20.1. The number of aromatic nitrogens is 1. The van der Waals surface area contributed by atoms with Crippen LogP contribution in [0.25, 0.3) is 10.2 Å². The number of halogens is 1. The van der Waals surface area contributed by atoms with Gasteiger partial charge < -0.3 is 9.64 Å². The Balaban J connectivity index is 1.43. The molecule has 0 aliphatic carbocycles. The van der Waals surface area contributed by atoms with Gasteiger partial charge in [-0.2, -0.15) is 0 Å². The van der Waals surface area contributed by atoms with Crippen LogP contribution >= 0.6 is 22.9 Å². The Bertz CT molecular complexity index is 1020. The number of nitrogens with zero attached hydrogens (tertiary/aromatic N) is 3. The molecule has 5 nitrogen and oxygen atoms in total. The van der Waals surface area contributed by atoms with Crippen molar-refractivity contribution in [2.24, 2.45) is 0 Å². The highest BCUT2D eigenvalue weighted by atomic mass is 35.5. The molecule has 0 N–H and O–H groups in total. The fourth-order valence-electron chi connectivity index (χ4n) is 3.86. The van der Waals surface area contributed by atoms with E-state index in [1.54, 1.807) is 11.3 Å². The van der Waals surface area contributed by atoms with Gasteiger partial charge in [-0.1, -0.05) is 29.0 Å². The van der Waals surface area contributed by atoms with E-state index >= 15 is 0 Å². The topological polar surface area (TPSA) is 45.7 Å². The van der Waals surface area contributed by atoms with Crippen molar-refractivity contribution in [1.29, 1.82) is 0 Å². The van der Waals surface area contributed by atoms with E-state index in [1.807, 2.05) is 30.3 Å². The first-order chi connectivity index (χ1) is 14.0. The summed E-state index contributed by atoms with van der Waals surface area (Å²) in [6.45, 7) is 8.14. The lowest BCUT2D eigenvalue weighted by molar-refractivity contribution is -0.109. The van der Waals surface area contributed by atoms with Crippen LogP contribution in [-0.4, -0.2) is 48.5 Å². The van der Waals surface area contributed by atoms with Crippen LogP contribution in [0.5, 0.6) is 5.75 Å². The van der Waals surface area contributed by atoms with Crippen LogP contribution in [0.2, 0.25) is 5.02 Å². The molecule has 1 unspecified atom stereocenters. The predicted octanol–water partition coefficient (Wildman–Crippen LogP) is 4.55. The van der Waals surface area contributed by atoms with Crippen LogP contribution in [0, 0.1) is 6.92 Å². The lowest BCUT2D eigenvalue weighted by Crippen LogP contribution is -2.51. The molecule has 0 spiro atoms. The summed E-state index contributed by atoms with van der Waals surface area (Å²) in [6, 6.07) is 12.4. The number of fused-ring (bicyclic) bond motifs is 1. The van der Waals surface area contributed by atoms with E-state index in [4.69, 9.17) is 21.3 Å². The van der Waals surface area contributed by atoms with Crippen molar-refractivity contribution in [1.82, 2.24) is 9.88 Å². The summed E-state index contributed by atoms with van der Waals surface area (Å²) < 4.78 is 6.62. The predicted molar refractivity (Wildman–Crippen MR) is 119 cm³/mol. The van der Waals surface area contributed by atoms with E-state index in [1.165, 1.54) is 5.56 Å². The molecule has 1 fully saturated rings. The number of thiazole rings is 1. The fraction of sp³-hybridized carbons (Fsp3) is 0.364. The molecule has 0 amide bonds. The summed E-state index contributed by atoms with van der Waals surface area (Å²) in [5, 5.41) is 1.81. The molecular formula is C22H24ClN3O2S. The number of hydrogen-bond donors (Lipinski definition) is 0. The monoisotopic (exact) mass is 429 g/mol. The number of aldehydes is 1. The zero-order valence-electron chi connectivity index (χ0n) is 16.6. The summed E-state index contributed by atoms with van der Waals surface area (Å²) in [7, 11) is 0. The highest BCUT2D eigenvalue weighted by molar-refractivity contribution is 7.22. The molecule has 0 saturated carbocycles. The van der Waals surface area contributed by atoms with Gasteiger partial charge in [-0.3, -0.25) is 9.69 Å². The number of carbonyl (C=O) groups excluding carboxylic acids is 1. The maximum atomic E-state index is 10.6. The van der Waals surface area contributed by atoms with Crippen molar-refractivity contribution >= 4 is 44.6 Å². The molecule has 2 aromatic carbocycles. The van der Waals surface area contributed by atoms with Crippen LogP contribution < -0.4 is 9.64 Å². The third-order valence-corrected chi connectivity index (χ3v) is 6.42. The van der Waals surface area contributed by atoms with Crippen molar-refractivity contribution in [2.75, 3.05) is 31.1 Å². The van der Waals surface area contributed by atoms with Crippen LogP contribution in [0.3, 0.4) is 0 Å². The summed E-state index contributed by atoms with van der Waals surface area (Å²) in [6.07, 6.45) is 0.777. The number of piperazine rings is 1. The SMILES string of the molecule is Cc1cc(CN2CCN(c3nc4ccc(Cl)cc4s3)C(C)C2)cc(OCC=O)c1. The molecular weight excluding hydrogens is 406 g/mol. The summed E-state index contributed by atoms with van der Waals surface area (Å²) in [5.74, 6) is 0.756. The number of hydrogen-bond acceptors (Lipinski definition) is 6. The number of ether oxygens (including phenoxy) is 1. The second-order valence-electron chi connectivity index (χ2n) is 7.52. The molecule has 1 atom stereocenters. The Morgan fingerprint density at radius 1 is 1.28 bits per heavy atom. The van der Waals surface area contributed by atoms with Crippen molar-refractivity contribution in [2.45, 2.75) is 26.4 Å². The number of anilines is 1. The van der Waals surface area contributed by atoms with E-state index in [0.717, 1.165) is 64.1 Å². The Hall–Kier alpha value is -2.15. The standard InChI is InChI=1S/C22H24ClN3O2S/c1-15-9-17(11-19(10-15)28-8-7-27)14-25-5-6-26(16(2)13-25)22-24-20-4-3-18(23)12-21(20)29-22/h3-4,7,9-12,16H,5-6,8,13-14H2,1-2H3. The Morgan fingerprint density at radius 2 is 2.14 bits per heavy atom. The first-order valence-electron chi connectivity index (χ1n) is 9.74.